The number of ketones is 1. The quantitative estimate of drug-likeness (QED) is 0.859. The number of allylic oxidation sites excluding steroid dienone is 1. The number of aromatic nitrogens is 1. The minimum absolute atomic E-state index is 0.170. The van der Waals surface area contributed by atoms with Crippen LogP contribution in [0.4, 0.5) is 0 Å². The molecule has 2 rings (SSSR count). The molecule has 0 bridgehead atoms. The lowest BCUT2D eigenvalue weighted by Crippen LogP contribution is -2.17. The van der Waals surface area contributed by atoms with Gasteiger partial charge in [-0.15, -0.1) is 0 Å². The summed E-state index contributed by atoms with van der Waals surface area (Å²) >= 11 is 0. The van der Waals surface area contributed by atoms with Crippen molar-refractivity contribution in [1.82, 2.24) is 10.3 Å². The standard InChI is InChI=1S/C18H15N3O2/c1-20-18(23)14-8-5-13(6-9-14)7-10-17(22)15(12-19)16-4-2-3-11-21-16/h2-11,15H,1H3,(H,20,23)/b10-7+/t15-/m1/s1. The molecular weight excluding hydrogens is 290 g/mol. The number of hydrogen-bond donors (Lipinski definition) is 1. The molecule has 2 aromatic rings. The van der Waals surface area contributed by atoms with Crippen molar-refractivity contribution in [3.8, 4) is 6.07 Å². The highest BCUT2D eigenvalue weighted by molar-refractivity contribution is 6.00. The molecule has 23 heavy (non-hydrogen) atoms. The lowest BCUT2D eigenvalue weighted by atomic mass is 10.00. The van der Waals surface area contributed by atoms with Crippen LogP contribution >= 0.6 is 0 Å². The first-order valence-electron chi connectivity index (χ1n) is 7.00. The maximum absolute atomic E-state index is 12.2. The van der Waals surface area contributed by atoms with Crippen LogP contribution in [0.5, 0.6) is 0 Å². The lowest BCUT2D eigenvalue weighted by Gasteiger charge is -2.04. The maximum atomic E-state index is 12.2. The number of hydrogen-bond acceptors (Lipinski definition) is 4. The Labute approximate surface area is 134 Å². The number of nitrogens with zero attached hydrogens (tertiary/aromatic N) is 2. The molecule has 1 aromatic carbocycles. The summed E-state index contributed by atoms with van der Waals surface area (Å²) in [6.07, 6.45) is 4.52. The van der Waals surface area contributed by atoms with Gasteiger partial charge in [0.05, 0.1) is 11.8 Å². The average Bonchev–Trinajstić information content (AvgIpc) is 2.61. The van der Waals surface area contributed by atoms with Crippen molar-refractivity contribution in [2.24, 2.45) is 0 Å². The molecule has 0 aliphatic rings. The molecule has 1 aromatic heterocycles. The van der Waals surface area contributed by atoms with E-state index in [1.165, 1.54) is 6.08 Å². The molecule has 0 aliphatic carbocycles. The summed E-state index contributed by atoms with van der Waals surface area (Å²) in [5.41, 5.74) is 1.74. The SMILES string of the molecule is CNC(=O)c1ccc(/C=C/C(=O)[C@H](C#N)c2ccccn2)cc1. The molecule has 1 atom stereocenters. The molecule has 0 radical (unpaired) electrons. The molecule has 0 unspecified atom stereocenters. The van der Waals surface area contributed by atoms with Gasteiger partial charge in [-0.1, -0.05) is 24.3 Å². The summed E-state index contributed by atoms with van der Waals surface area (Å²) in [7, 11) is 1.56. The third kappa shape index (κ3) is 4.11. The Morgan fingerprint density at radius 2 is 1.96 bits per heavy atom. The van der Waals surface area contributed by atoms with E-state index in [0.717, 1.165) is 5.56 Å². The highest BCUT2D eigenvalue weighted by Crippen LogP contribution is 2.15. The van der Waals surface area contributed by atoms with E-state index in [1.807, 2.05) is 6.07 Å². The maximum Gasteiger partial charge on any atom is 0.251 e. The highest BCUT2D eigenvalue weighted by Gasteiger charge is 2.18. The molecule has 0 saturated heterocycles. The van der Waals surface area contributed by atoms with Crippen molar-refractivity contribution in [2.45, 2.75) is 5.92 Å². The minimum Gasteiger partial charge on any atom is -0.355 e. The van der Waals surface area contributed by atoms with Crippen molar-refractivity contribution in [1.29, 1.82) is 5.26 Å². The molecule has 1 amide bonds. The van der Waals surface area contributed by atoms with Crippen molar-refractivity contribution < 1.29 is 9.59 Å². The average molecular weight is 305 g/mol. The van der Waals surface area contributed by atoms with E-state index < -0.39 is 5.92 Å². The summed E-state index contributed by atoms with van der Waals surface area (Å²) < 4.78 is 0. The molecular formula is C18H15N3O2. The van der Waals surface area contributed by atoms with E-state index in [2.05, 4.69) is 10.3 Å². The zero-order valence-corrected chi connectivity index (χ0v) is 12.6. The topological polar surface area (TPSA) is 82.9 Å². The molecule has 1 heterocycles. The van der Waals surface area contributed by atoms with Crippen LogP contribution in [0.1, 0.15) is 27.5 Å². The predicted octanol–water partition coefficient (Wildman–Crippen LogP) is 2.33. The number of benzene rings is 1. The van der Waals surface area contributed by atoms with Gasteiger partial charge < -0.3 is 5.32 Å². The van der Waals surface area contributed by atoms with E-state index in [4.69, 9.17) is 0 Å². The Hall–Kier alpha value is -3.26. The number of pyridine rings is 1. The van der Waals surface area contributed by atoms with E-state index >= 15 is 0 Å². The summed E-state index contributed by atoms with van der Waals surface area (Å²) in [6.45, 7) is 0. The largest absolute Gasteiger partial charge is 0.355 e. The zero-order valence-electron chi connectivity index (χ0n) is 12.6. The monoisotopic (exact) mass is 305 g/mol. The Morgan fingerprint density at radius 3 is 2.52 bits per heavy atom. The third-order valence-corrected chi connectivity index (χ3v) is 3.24. The summed E-state index contributed by atoms with van der Waals surface area (Å²) in [6, 6.07) is 13.9. The van der Waals surface area contributed by atoms with E-state index in [9.17, 15) is 14.9 Å². The molecule has 0 saturated carbocycles. The Bertz CT molecular complexity index is 759. The van der Waals surface area contributed by atoms with Crippen LogP contribution in [0.3, 0.4) is 0 Å². The molecule has 1 N–H and O–H groups in total. The molecule has 0 fully saturated rings. The van der Waals surface area contributed by atoms with Crippen LogP contribution in [-0.2, 0) is 4.79 Å². The highest BCUT2D eigenvalue weighted by atomic mass is 16.1. The summed E-state index contributed by atoms with van der Waals surface area (Å²) in [4.78, 5) is 27.7. The van der Waals surface area contributed by atoms with Crippen molar-refractivity contribution in [3.05, 3.63) is 71.6 Å². The zero-order chi connectivity index (χ0) is 16.7. The number of nitrogens with one attached hydrogen (secondary N) is 1. The normalized spacial score (nSPS) is 11.7. The van der Waals surface area contributed by atoms with Crippen LogP contribution in [0.2, 0.25) is 0 Å². The fourth-order valence-corrected chi connectivity index (χ4v) is 1.99. The van der Waals surface area contributed by atoms with Crippen LogP contribution in [0.25, 0.3) is 6.08 Å². The van der Waals surface area contributed by atoms with Gasteiger partial charge in [0.15, 0.2) is 11.7 Å². The molecule has 5 heteroatoms. The first-order valence-corrected chi connectivity index (χ1v) is 7.00. The predicted molar refractivity (Wildman–Crippen MR) is 86.5 cm³/mol. The van der Waals surface area contributed by atoms with Crippen molar-refractivity contribution in [2.75, 3.05) is 7.05 Å². The number of carbonyl (C=O) groups is 2. The van der Waals surface area contributed by atoms with Crippen molar-refractivity contribution >= 4 is 17.8 Å². The van der Waals surface area contributed by atoms with Gasteiger partial charge in [-0.3, -0.25) is 14.6 Å². The van der Waals surface area contributed by atoms with Gasteiger partial charge in [0, 0.05) is 18.8 Å². The number of amides is 1. The second-order valence-corrected chi connectivity index (χ2v) is 4.75. The minimum atomic E-state index is -0.919. The Kier molecular flexibility index (Phi) is 5.37. The molecule has 0 aliphatic heterocycles. The van der Waals surface area contributed by atoms with Gasteiger partial charge in [-0.05, 0) is 35.9 Å². The van der Waals surface area contributed by atoms with Gasteiger partial charge in [0.1, 0.15) is 0 Å². The van der Waals surface area contributed by atoms with Gasteiger partial charge in [-0.25, -0.2) is 0 Å². The first kappa shape index (κ1) is 16.1. The third-order valence-electron chi connectivity index (χ3n) is 3.24. The van der Waals surface area contributed by atoms with Crippen LogP contribution in [0, 0.1) is 11.3 Å². The lowest BCUT2D eigenvalue weighted by molar-refractivity contribution is -0.114. The molecule has 0 spiro atoms. The van der Waals surface area contributed by atoms with Gasteiger partial charge in [0.2, 0.25) is 0 Å². The smallest absolute Gasteiger partial charge is 0.251 e. The number of nitriles is 1. The van der Waals surface area contributed by atoms with Gasteiger partial charge in [-0.2, -0.15) is 5.26 Å². The van der Waals surface area contributed by atoms with Crippen LogP contribution < -0.4 is 5.32 Å². The van der Waals surface area contributed by atoms with Gasteiger partial charge in [0.25, 0.3) is 5.91 Å². The van der Waals surface area contributed by atoms with E-state index in [-0.39, 0.29) is 11.7 Å². The van der Waals surface area contributed by atoms with E-state index in [1.54, 1.807) is 61.8 Å². The molecule has 5 nitrogen and oxygen atoms in total. The van der Waals surface area contributed by atoms with Crippen LogP contribution in [-0.4, -0.2) is 23.7 Å². The Balaban J connectivity index is 2.11. The second kappa shape index (κ2) is 7.66. The van der Waals surface area contributed by atoms with Crippen LogP contribution in [0.15, 0.2) is 54.7 Å². The number of rotatable bonds is 5. The summed E-state index contributed by atoms with van der Waals surface area (Å²) in [5.74, 6) is -1.42. The molecule has 114 valence electrons. The van der Waals surface area contributed by atoms with Gasteiger partial charge >= 0.3 is 0 Å². The first-order chi connectivity index (χ1) is 11.2. The second-order valence-electron chi connectivity index (χ2n) is 4.75. The fourth-order valence-electron chi connectivity index (χ4n) is 1.99. The van der Waals surface area contributed by atoms with Crippen molar-refractivity contribution in [3.63, 3.8) is 0 Å². The summed E-state index contributed by atoms with van der Waals surface area (Å²) in [5, 5.41) is 11.7. The fraction of sp³-hybridized carbons (Fsp3) is 0.111. The van der Waals surface area contributed by atoms with E-state index in [0.29, 0.717) is 11.3 Å². The Morgan fingerprint density at radius 1 is 1.22 bits per heavy atom. The number of carbonyl (C=O) groups excluding carboxylic acids is 2.